The number of hydrogen-bond acceptors (Lipinski definition) is 2. The molecule has 110 valence electrons. The van der Waals surface area contributed by atoms with Gasteiger partial charge in [0.15, 0.2) is 0 Å². The summed E-state index contributed by atoms with van der Waals surface area (Å²) < 4.78 is 15.7. The summed E-state index contributed by atoms with van der Waals surface area (Å²) >= 11 is 3.25. The van der Waals surface area contributed by atoms with Crippen LogP contribution in [0.3, 0.4) is 0 Å². The summed E-state index contributed by atoms with van der Waals surface area (Å²) in [5.74, 6) is -1.53. The molecule has 0 spiro atoms. The summed E-state index contributed by atoms with van der Waals surface area (Å²) in [4.78, 5) is 23.7. The molecule has 7 heteroatoms. The van der Waals surface area contributed by atoms with Crippen LogP contribution in [0.4, 0.5) is 4.39 Å². The van der Waals surface area contributed by atoms with Crippen LogP contribution in [-0.4, -0.2) is 16.4 Å². The van der Waals surface area contributed by atoms with Gasteiger partial charge in [-0.3, -0.25) is 20.4 Å². The Bertz CT molecular complexity index is 712. The number of amides is 2. The van der Waals surface area contributed by atoms with Gasteiger partial charge in [0.25, 0.3) is 11.8 Å². The van der Waals surface area contributed by atoms with Crippen molar-refractivity contribution >= 4 is 27.7 Å². The minimum absolute atomic E-state index is 0.131. The number of benzene rings is 1. The molecule has 0 radical (unpaired) electrons. The van der Waals surface area contributed by atoms with Crippen molar-refractivity contribution in [2.75, 3.05) is 0 Å². The molecule has 1 aromatic heterocycles. The molecule has 0 saturated heterocycles. The Morgan fingerprint density at radius 2 is 1.86 bits per heavy atom. The van der Waals surface area contributed by atoms with Crippen molar-refractivity contribution in [3.63, 3.8) is 0 Å². The first kappa shape index (κ1) is 15.2. The van der Waals surface area contributed by atoms with Crippen LogP contribution < -0.4 is 10.9 Å². The summed E-state index contributed by atoms with van der Waals surface area (Å²) in [7, 11) is 1.71. The predicted octanol–water partition coefficient (Wildman–Crippen LogP) is 2.31. The molecule has 0 aliphatic carbocycles. The highest BCUT2D eigenvalue weighted by molar-refractivity contribution is 9.10. The molecular weight excluding hydrogens is 341 g/mol. The van der Waals surface area contributed by atoms with Crippen LogP contribution in [0.15, 0.2) is 34.9 Å². The fourth-order valence-corrected chi connectivity index (χ4v) is 2.26. The van der Waals surface area contributed by atoms with Crippen LogP contribution in [0.2, 0.25) is 0 Å². The smallest absolute Gasteiger partial charge is 0.286 e. The van der Waals surface area contributed by atoms with E-state index in [1.807, 2.05) is 0 Å². The zero-order chi connectivity index (χ0) is 15.6. The maximum absolute atomic E-state index is 13.4. The minimum Gasteiger partial charge on any atom is -0.345 e. The van der Waals surface area contributed by atoms with Crippen LogP contribution in [0.5, 0.6) is 0 Å². The lowest BCUT2D eigenvalue weighted by atomic mass is 10.1. The Morgan fingerprint density at radius 1 is 1.19 bits per heavy atom. The highest BCUT2D eigenvalue weighted by atomic mass is 79.9. The molecule has 0 atom stereocenters. The molecule has 2 N–H and O–H groups in total. The van der Waals surface area contributed by atoms with E-state index in [0.29, 0.717) is 11.3 Å². The number of rotatable bonds is 2. The summed E-state index contributed by atoms with van der Waals surface area (Å²) in [6.07, 6.45) is 1.71. The van der Waals surface area contributed by atoms with Crippen LogP contribution in [0.1, 0.15) is 26.4 Å². The Morgan fingerprint density at radius 3 is 2.43 bits per heavy atom. The number of hydrogen-bond donors (Lipinski definition) is 2. The van der Waals surface area contributed by atoms with E-state index in [2.05, 4.69) is 26.8 Å². The maximum Gasteiger partial charge on any atom is 0.286 e. The molecule has 2 amide bonds. The molecule has 1 aromatic carbocycles. The molecule has 2 aromatic rings. The van der Waals surface area contributed by atoms with Crippen LogP contribution in [-0.2, 0) is 7.05 Å². The normalized spacial score (nSPS) is 10.3. The molecule has 0 fully saturated rings. The van der Waals surface area contributed by atoms with E-state index in [4.69, 9.17) is 0 Å². The van der Waals surface area contributed by atoms with Gasteiger partial charge in [-0.05, 0) is 46.6 Å². The summed E-state index contributed by atoms with van der Waals surface area (Å²) in [5.41, 5.74) is 5.48. The largest absolute Gasteiger partial charge is 0.345 e. The number of hydrazine groups is 1. The molecule has 0 bridgehead atoms. The molecule has 2 rings (SSSR count). The van der Waals surface area contributed by atoms with E-state index in [1.54, 1.807) is 30.8 Å². The number of carbonyl (C=O) groups excluding carboxylic acids is 2. The van der Waals surface area contributed by atoms with Crippen molar-refractivity contribution in [1.82, 2.24) is 15.4 Å². The van der Waals surface area contributed by atoms with Gasteiger partial charge in [-0.2, -0.15) is 0 Å². The van der Waals surface area contributed by atoms with E-state index in [9.17, 15) is 14.0 Å². The fraction of sp³-hybridized carbons (Fsp3) is 0.143. The third-order valence-electron chi connectivity index (χ3n) is 2.93. The van der Waals surface area contributed by atoms with Gasteiger partial charge >= 0.3 is 0 Å². The van der Waals surface area contributed by atoms with Crippen molar-refractivity contribution in [3.8, 4) is 0 Å². The topological polar surface area (TPSA) is 63.1 Å². The molecule has 1 heterocycles. The lowest BCUT2D eigenvalue weighted by Crippen LogP contribution is -2.42. The van der Waals surface area contributed by atoms with Gasteiger partial charge in [0.05, 0.1) is 0 Å². The van der Waals surface area contributed by atoms with Crippen LogP contribution in [0, 0.1) is 12.7 Å². The quantitative estimate of drug-likeness (QED) is 0.813. The first-order valence-corrected chi connectivity index (χ1v) is 6.86. The van der Waals surface area contributed by atoms with Crippen LogP contribution >= 0.6 is 15.9 Å². The second-order valence-electron chi connectivity index (χ2n) is 4.53. The standard InChI is InChI=1S/C14H13BrFN3O2/c1-8-3-4-9(5-11(8)16)13(20)17-18-14(21)12-6-10(15)7-19(12)2/h3-7H,1-2H3,(H,17,20)(H,18,21). The number of carbonyl (C=O) groups is 2. The van der Waals surface area contributed by atoms with Gasteiger partial charge in [0.2, 0.25) is 0 Å². The number of halogens is 2. The molecule has 0 aliphatic rings. The summed E-state index contributed by atoms with van der Waals surface area (Å²) in [5, 5.41) is 0. The van der Waals surface area contributed by atoms with Gasteiger partial charge in [-0.15, -0.1) is 0 Å². The third kappa shape index (κ3) is 3.49. The lowest BCUT2D eigenvalue weighted by molar-refractivity contribution is 0.0842. The highest BCUT2D eigenvalue weighted by Crippen LogP contribution is 2.13. The van der Waals surface area contributed by atoms with E-state index in [-0.39, 0.29) is 5.56 Å². The van der Waals surface area contributed by atoms with Gasteiger partial charge in [-0.1, -0.05) is 6.07 Å². The van der Waals surface area contributed by atoms with Gasteiger partial charge in [0, 0.05) is 23.3 Å². The van der Waals surface area contributed by atoms with E-state index < -0.39 is 17.6 Å². The summed E-state index contributed by atoms with van der Waals surface area (Å²) in [6, 6.07) is 5.72. The fourth-order valence-electron chi connectivity index (χ4n) is 1.73. The van der Waals surface area contributed by atoms with Gasteiger partial charge < -0.3 is 4.57 Å². The second kappa shape index (κ2) is 6.09. The SMILES string of the molecule is Cc1ccc(C(=O)NNC(=O)c2cc(Br)cn2C)cc1F. The van der Waals surface area contributed by atoms with E-state index in [1.165, 1.54) is 12.1 Å². The average Bonchev–Trinajstić information content (AvgIpc) is 2.77. The third-order valence-corrected chi connectivity index (χ3v) is 3.36. The van der Waals surface area contributed by atoms with Crippen LogP contribution in [0.25, 0.3) is 0 Å². The monoisotopic (exact) mass is 353 g/mol. The van der Waals surface area contributed by atoms with E-state index in [0.717, 1.165) is 10.5 Å². The average molecular weight is 354 g/mol. The minimum atomic E-state index is -0.587. The maximum atomic E-state index is 13.4. The molecule has 0 unspecified atom stereocenters. The lowest BCUT2D eigenvalue weighted by Gasteiger charge is -2.08. The van der Waals surface area contributed by atoms with Crippen molar-refractivity contribution in [1.29, 1.82) is 0 Å². The Kier molecular flexibility index (Phi) is 4.42. The highest BCUT2D eigenvalue weighted by Gasteiger charge is 2.13. The van der Waals surface area contributed by atoms with Crippen molar-refractivity contribution in [2.45, 2.75) is 6.92 Å². The Labute approximate surface area is 129 Å². The Hall–Kier alpha value is -2.15. The zero-order valence-electron chi connectivity index (χ0n) is 11.4. The van der Waals surface area contributed by atoms with Crippen molar-refractivity contribution in [2.24, 2.45) is 7.05 Å². The van der Waals surface area contributed by atoms with Gasteiger partial charge in [0.1, 0.15) is 11.5 Å². The van der Waals surface area contributed by atoms with E-state index >= 15 is 0 Å². The predicted molar refractivity (Wildman–Crippen MR) is 79.2 cm³/mol. The zero-order valence-corrected chi connectivity index (χ0v) is 13.0. The molecule has 5 nitrogen and oxygen atoms in total. The first-order valence-electron chi connectivity index (χ1n) is 6.07. The number of aromatic nitrogens is 1. The number of aryl methyl sites for hydroxylation is 2. The van der Waals surface area contributed by atoms with Gasteiger partial charge in [-0.25, -0.2) is 4.39 Å². The summed E-state index contributed by atoms with van der Waals surface area (Å²) in [6.45, 7) is 1.60. The first-order chi connectivity index (χ1) is 9.88. The number of nitrogens with one attached hydrogen (secondary N) is 2. The molecule has 0 saturated carbocycles. The second-order valence-corrected chi connectivity index (χ2v) is 5.44. The molecule has 0 aliphatic heterocycles. The molecular formula is C14H13BrFN3O2. The van der Waals surface area contributed by atoms with Crippen molar-refractivity contribution < 1.29 is 14.0 Å². The Balaban J connectivity index is 2.02. The molecule has 21 heavy (non-hydrogen) atoms. The van der Waals surface area contributed by atoms with Crippen molar-refractivity contribution in [3.05, 3.63) is 57.6 Å². The number of nitrogens with zero attached hydrogens (tertiary/aromatic N) is 1.